The Morgan fingerprint density at radius 3 is 2.42 bits per heavy atom. The number of nitrogens with zero attached hydrogens (tertiary/aromatic N) is 1. The smallest absolute Gasteiger partial charge is 0.293 e. The molecule has 0 bridgehead atoms. The van der Waals surface area contributed by atoms with Crippen molar-refractivity contribution in [1.82, 2.24) is 0 Å². The van der Waals surface area contributed by atoms with Crippen molar-refractivity contribution in [3.05, 3.63) is 69.3 Å². The second-order valence-electron chi connectivity index (χ2n) is 5.35. The first kappa shape index (κ1) is 17.6. The molecule has 0 spiro atoms. The number of ether oxygens (including phenoxy) is 1. The molecule has 0 atom stereocenters. The van der Waals surface area contributed by atoms with Crippen LogP contribution in [0.4, 0.5) is 11.4 Å². The van der Waals surface area contributed by atoms with Crippen LogP contribution in [0, 0.1) is 10.1 Å². The van der Waals surface area contributed by atoms with E-state index in [1.165, 1.54) is 13.0 Å². The van der Waals surface area contributed by atoms with Gasteiger partial charge in [-0.1, -0.05) is 24.3 Å². The van der Waals surface area contributed by atoms with Crippen LogP contribution in [0.2, 0.25) is 0 Å². The minimum absolute atomic E-state index is 0.101. The summed E-state index contributed by atoms with van der Waals surface area (Å²) in [5.41, 5.74) is 2.70. The first-order valence-electron chi connectivity index (χ1n) is 7.70. The molecule has 0 heterocycles. The molecular formula is C18H20N2O4. The largest absolute Gasteiger partial charge is 0.377 e. The predicted molar refractivity (Wildman–Crippen MR) is 92.2 cm³/mol. The van der Waals surface area contributed by atoms with Gasteiger partial charge in [-0.05, 0) is 37.1 Å². The third-order valence-corrected chi connectivity index (χ3v) is 3.58. The molecule has 0 unspecified atom stereocenters. The zero-order valence-corrected chi connectivity index (χ0v) is 13.7. The van der Waals surface area contributed by atoms with E-state index < -0.39 is 4.92 Å². The first-order valence-corrected chi connectivity index (χ1v) is 7.70. The van der Waals surface area contributed by atoms with Crippen molar-refractivity contribution in [2.24, 2.45) is 0 Å². The van der Waals surface area contributed by atoms with Gasteiger partial charge in [-0.15, -0.1) is 0 Å². The Labute approximate surface area is 140 Å². The Kier molecular flexibility index (Phi) is 6.03. The van der Waals surface area contributed by atoms with E-state index in [1.54, 1.807) is 12.1 Å². The van der Waals surface area contributed by atoms with Gasteiger partial charge >= 0.3 is 0 Å². The Bertz CT molecular complexity index is 726. The van der Waals surface area contributed by atoms with Gasteiger partial charge < -0.3 is 10.1 Å². The Hall–Kier alpha value is -2.73. The molecule has 0 amide bonds. The highest BCUT2D eigenvalue weighted by Gasteiger charge is 2.15. The number of Topliss-reactive ketones (excluding diaryl/α,β-unsaturated/α-hetero) is 1. The molecule has 2 rings (SSSR count). The van der Waals surface area contributed by atoms with E-state index in [0.717, 1.165) is 11.1 Å². The van der Waals surface area contributed by atoms with Crippen molar-refractivity contribution < 1.29 is 14.5 Å². The average molecular weight is 328 g/mol. The Balaban J connectivity index is 2.08. The van der Waals surface area contributed by atoms with Gasteiger partial charge in [-0.3, -0.25) is 14.9 Å². The molecule has 0 radical (unpaired) electrons. The molecule has 0 aliphatic rings. The van der Waals surface area contributed by atoms with Crippen molar-refractivity contribution in [3.8, 4) is 0 Å². The average Bonchev–Trinajstić information content (AvgIpc) is 2.58. The summed E-state index contributed by atoms with van der Waals surface area (Å²) in [7, 11) is 0. The van der Waals surface area contributed by atoms with Crippen LogP contribution >= 0.6 is 0 Å². The topological polar surface area (TPSA) is 81.5 Å². The summed E-state index contributed by atoms with van der Waals surface area (Å²) in [6.45, 7) is 5.03. The quantitative estimate of drug-likeness (QED) is 0.451. The van der Waals surface area contributed by atoms with Crippen molar-refractivity contribution in [2.75, 3.05) is 11.9 Å². The predicted octanol–water partition coefficient (Wildman–Crippen LogP) is 3.95. The number of carbonyl (C=O) groups excluding carboxylic acids is 1. The molecule has 126 valence electrons. The van der Waals surface area contributed by atoms with E-state index in [1.807, 2.05) is 31.2 Å². The lowest BCUT2D eigenvalue weighted by Gasteiger charge is -2.09. The van der Waals surface area contributed by atoms with Crippen LogP contribution in [0.25, 0.3) is 0 Å². The standard InChI is InChI=1S/C18H20N2O4/c1-3-24-12-15-6-4-14(5-7-15)11-19-17-9-8-16(13(2)21)10-18(17)20(22)23/h4-10,19H,3,11-12H2,1-2H3. The first-order chi connectivity index (χ1) is 11.5. The number of nitro groups is 1. The summed E-state index contributed by atoms with van der Waals surface area (Å²) >= 11 is 0. The van der Waals surface area contributed by atoms with Crippen LogP contribution in [0.15, 0.2) is 42.5 Å². The summed E-state index contributed by atoms with van der Waals surface area (Å²) in [6, 6.07) is 12.3. The lowest BCUT2D eigenvalue weighted by molar-refractivity contribution is -0.384. The van der Waals surface area contributed by atoms with Crippen LogP contribution in [0.5, 0.6) is 0 Å². The van der Waals surface area contributed by atoms with Gasteiger partial charge in [0.2, 0.25) is 0 Å². The van der Waals surface area contributed by atoms with Crippen molar-refractivity contribution >= 4 is 17.2 Å². The molecule has 0 saturated heterocycles. The summed E-state index contributed by atoms with van der Waals surface area (Å²) in [5, 5.41) is 14.2. The second-order valence-corrected chi connectivity index (χ2v) is 5.35. The lowest BCUT2D eigenvalue weighted by Crippen LogP contribution is -2.04. The van der Waals surface area contributed by atoms with E-state index >= 15 is 0 Å². The Morgan fingerprint density at radius 1 is 1.17 bits per heavy atom. The second kappa shape index (κ2) is 8.21. The lowest BCUT2D eigenvalue weighted by atomic mass is 10.1. The number of rotatable bonds is 8. The number of hydrogen-bond donors (Lipinski definition) is 1. The van der Waals surface area contributed by atoms with Gasteiger partial charge in [-0.25, -0.2) is 0 Å². The monoisotopic (exact) mass is 328 g/mol. The van der Waals surface area contributed by atoms with Crippen molar-refractivity contribution in [2.45, 2.75) is 27.0 Å². The van der Waals surface area contributed by atoms with Crippen LogP contribution in [0.3, 0.4) is 0 Å². The molecular weight excluding hydrogens is 308 g/mol. The molecule has 0 aliphatic carbocycles. The molecule has 0 fully saturated rings. The van der Waals surface area contributed by atoms with Crippen LogP contribution in [0.1, 0.15) is 35.3 Å². The van der Waals surface area contributed by atoms with Gasteiger partial charge in [0.1, 0.15) is 5.69 Å². The van der Waals surface area contributed by atoms with E-state index in [9.17, 15) is 14.9 Å². The molecule has 1 N–H and O–H groups in total. The van der Waals surface area contributed by atoms with Crippen LogP contribution < -0.4 is 5.32 Å². The highest BCUT2D eigenvalue weighted by atomic mass is 16.6. The van der Waals surface area contributed by atoms with Crippen LogP contribution in [-0.2, 0) is 17.9 Å². The fourth-order valence-electron chi connectivity index (χ4n) is 2.22. The van der Waals surface area contributed by atoms with Gasteiger partial charge in [0.15, 0.2) is 5.78 Å². The van der Waals surface area contributed by atoms with Gasteiger partial charge in [0.25, 0.3) is 5.69 Å². The van der Waals surface area contributed by atoms with E-state index in [-0.39, 0.29) is 11.5 Å². The molecule has 0 aromatic heterocycles. The Morgan fingerprint density at radius 2 is 1.83 bits per heavy atom. The number of nitrogens with one attached hydrogen (secondary N) is 1. The molecule has 6 nitrogen and oxygen atoms in total. The number of carbonyl (C=O) groups is 1. The third-order valence-electron chi connectivity index (χ3n) is 3.58. The maximum atomic E-state index is 11.4. The summed E-state index contributed by atoms with van der Waals surface area (Å²) in [5.74, 6) is -0.200. The van der Waals surface area contributed by atoms with Gasteiger partial charge in [-0.2, -0.15) is 0 Å². The van der Waals surface area contributed by atoms with Crippen LogP contribution in [-0.4, -0.2) is 17.3 Å². The molecule has 24 heavy (non-hydrogen) atoms. The molecule has 6 heteroatoms. The molecule has 0 saturated carbocycles. The molecule has 0 aliphatic heterocycles. The minimum atomic E-state index is -0.486. The summed E-state index contributed by atoms with van der Waals surface area (Å²) in [6.07, 6.45) is 0. The van der Waals surface area contributed by atoms with Gasteiger partial charge in [0, 0.05) is 24.8 Å². The zero-order valence-electron chi connectivity index (χ0n) is 13.7. The number of benzene rings is 2. The van der Waals surface area contributed by atoms with Crippen molar-refractivity contribution in [1.29, 1.82) is 0 Å². The SMILES string of the molecule is CCOCc1ccc(CNc2ccc(C(C)=O)cc2[N+](=O)[O-])cc1. The number of hydrogen-bond acceptors (Lipinski definition) is 5. The zero-order chi connectivity index (χ0) is 17.5. The van der Waals surface area contributed by atoms with E-state index in [0.29, 0.717) is 31.0 Å². The van der Waals surface area contributed by atoms with E-state index in [2.05, 4.69) is 5.32 Å². The normalized spacial score (nSPS) is 10.4. The minimum Gasteiger partial charge on any atom is -0.377 e. The fourth-order valence-corrected chi connectivity index (χ4v) is 2.22. The fraction of sp³-hybridized carbons (Fsp3) is 0.278. The van der Waals surface area contributed by atoms with Crippen molar-refractivity contribution in [3.63, 3.8) is 0 Å². The maximum absolute atomic E-state index is 11.4. The van der Waals surface area contributed by atoms with Gasteiger partial charge in [0.05, 0.1) is 11.5 Å². The highest BCUT2D eigenvalue weighted by molar-refractivity contribution is 5.95. The van der Waals surface area contributed by atoms with E-state index in [4.69, 9.17) is 4.74 Å². The maximum Gasteiger partial charge on any atom is 0.293 e. The summed E-state index contributed by atoms with van der Waals surface area (Å²) in [4.78, 5) is 22.1. The number of anilines is 1. The third kappa shape index (κ3) is 4.63. The highest BCUT2D eigenvalue weighted by Crippen LogP contribution is 2.26. The molecule has 2 aromatic rings. The molecule has 2 aromatic carbocycles. The number of ketones is 1. The number of nitro benzene ring substituents is 1. The summed E-state index contributed by atoms with van der Waals surface area (Å²) < 4.78 is 5.34.